The maximum atomic E-state index is 13.6. The van der Waals surface area contributed by atoms with E-state index in [4.69, 9.17) is 57.9 Å². The van der Waals surface area contributed by atoms with E-state index in [1.165, 1.54) is 148 Å². The zero-order valence-corrected chi connectivity index (χ0v) is 69.0. The first-order chi connectivity index (χ1) is 54.1. The lowest BCUT2D eigenvalue weighted by molar-refractivity contribution is 0.0938. The Morgan fingerprint density at radius 1 is 0.446 bits per heavy atom. The van der Waals surface area contributed by atoms with Gasteiger partial charge in [-0.1, -0.05) is 70.7 Å². The number of rotatable bonds is 13. The first-order valence-electron chi connectivity index (χ1n) is 31.8. The molecule has 112 heavy (non-hydrogen) atoms. The third-order valence-electron chi connectivity index (χ3n) is 16.4. The lowest BCUT2D eigenvalue weighted by Gasteiger charge is -2.31. The van der Waals surface area contributed by atoms with E-state index < -0.39 is 51.4 Å². The van der Waals surface area contributed by atoms with E-state index in [2.05, 4.69) is 93.3 Å². The first kappa shape index (κ1) is 79.8. The van der Waals surface area contributed by atoms with Crippen LogP contribution in [0.5, 0.6) is 0 Å². The molecule has 26 nitrogen and oxygen atoms in total. The highest BCUT2D eigenvalue weighted by Crippen LogP contribution is 2.45. The van der Waals surface area contributed by atoms with Crippen molar-refractivity contribution >= 4 is 227 Å². The maximum Gasteiger partial charge on any atom is 0.277 e. The number of H-pyrrole nitrogens is 1. The fourth-order valence-corrected chi connectivity index (χ4v) is 19.8. The predicted molar refractivity (Wildman–Crippen MR) is 449 cm³/mol. The molecule has 0 atom stereocenters. The predicted octanol–water partition coefficient (Wildman–Crippen LogP) is 15.2. The maximum absolute atomic E-state index is 13.6. The fraction of sp³-hybridized carbons (Fsp3) is 0.0417. The quantitative estimate of drug-likeness (QED) is 0.0497. The molecule has 4 amide bonds. The van der Waals surface area contributed by atoms with Gasteiger partial charge in [0.2, 0.25) is 5.78 Å². The molecular formula is C72H47Br2Cl4N17O9S8. The Bertz CT molecular complexity index is 5810. The Morgan fingerprint density at radius 2 is 0.830 bits per heavy atom. The van der Waals surface area contributed by atoms with Crippen LogP contribution in [0.3, 0.4) is 0 Å². The third-order valence-corrected chi connectivity index (χ3v) is 25.2. The van der Waals surface area contributed by atoms with Gasteiger partial charge < -0.3 is 43.0 Å². The second kappa shape index (κ2) is 34.8. The summed E-state index contributed by atoms with van der Waals surface area (Å²) < 4.78 is 4.91. The van der Waals surface area contributed by atoms with Crippen LogP contribution in [0.15, 0.2) is 246 Å². The summed E-state index contributed by atoms with van der Waals surface area (Å²) >= 11 is 42.9. The standard InChI is InChI=1S/2C19H12ClN5O2S2.C15H8BrClN2O2S2.C9H6OS2.C6H4BrClN2O2.C4H5N3/c2*20-13-7-14(23-15-1-4-21-10-22-15)18(27)25-16(13)17(26)24-19(25,11-2-5-28-8-11)12-3-6-29-9-12;16-8-7-9(17)12-13(20)18-15(19(12)14(8)21,10-3-1-5-22-10)11-4-2-6-23-11;10-9(7-3-1-5-11-7)8-4-2-6-12-8;7-2-1-3(8)4(5(9)11)10-6(2)12;5-4-1-2-6-3-7-4/h2*1-10H,(H,24,26)(H,21,22,23);1-7H,(H,18,20);1-6H;1H,(H2,9,11)(H,10,12);1-3H,(H2,5,6,7). The molecule has 3 aliphatic heterocycles. The number of nitrogen functional groups attached to an aromatic ring is 1. The number of ketones is 1. The van der Waals surface area contributed by atoms with Crippen molar-refractivity contribution < 1.29 is 24.0 Å². The van der Waals surface area contributed by atoms with Crippen molar-refractivity contribution in [3.63, 3.8) is 0 Å². The second-order valence-electron chi connectivity index (χ2n) is 23.0. The van der Waals surface area contributed by atoms with Crippen LogP contribution in [0.25, 0.3) is 0 Å². The summed E-state index contributed by atoms with van der Waals surface area (Å²) in [6.07, 6.45) is 8.89. The van der Waals surface area contributed by atoms with Crippen LogP contribution in [-0.2, 0) is 17.0 Å². The number of aromatic nitrogens is 10. The number of nitrogens with two attached hydrogens (primary N) is 2. The third kappa shape index (κ3) is 16.0. The number of pyridine rings is 4. The summed E-state index contributed by atoms with van der Waals surface area (Å²) in [6.45, 7) is 0. The molecule has 0 aromatic carbocycles. The number of hydrogen-bond acceptors (Lipinski definition) is 26. The molecular weight excluding hydrogens is 1810 g/mol. The Morgan fingerprint density at radius 3 is 1.17 bits per heavy atom. The van der Waals surface area contributed by atoms with Gasteiger partial charge in [-0.3, -0.25) is 56.9 Å². The number of hydrogen-bond donors (Lipinski definition) is 8. The van der Waals surface area contributed by atoms with Gasteiger partial charge in [0.25, 0.3) is 45.9 Å². The van der Waals surface area contributed by atoms with Gasteiger partial charge in [0.1, 0.15) is 70.6 Å². The molecule has 564 valence electrons. The smallest absolute Gasteiger partial charge is 0.277 e. The highest BCUT2D eigenvalue weighted by Gasteiger charge is 2.52. The normalized spacial score (nSPS) is 13.3. The molecule has 0 radical (unpaired) electrons. The molecule has 40 heteroatoms. The molecule has 0 bridgehead atoms. The van der Waals surface area contributed by atoms with Gasteiger partial charge in [-0.05, 0) is 187 Å². The van der Waals surface area contributed by atoms with E-state index in [9.17, 15) is 43.2 Å². The molecule has 10 N–H and O–H groups in total. The Hall–Kier alpha value is -10.3. The molecule has 0 saturated heterocycles. The van der Waals surface area contributed by atoms with Crippen molar-refractivity contribution in [2.45, 2.75) is 17.0 Å². The summed E-state index contributed by atoms with van der Waals surface area (Å²) in [7, 11) is 0. The van der Waals surface area contributed by atoms with Gasteiger partial charge in [0.15, 0.2) is 17.0 Å². The van der Waals surface area contributed by atoms with Crippen LogP contribution in [0.1, 0.15) is 88.5 Å². The van der Waals surface area contributed by atoms with E-state index in [0.29, 0.717) is 21.9 Å². The SMILES string of the molecule is NC(=O)c1[nH]c(=O)c(Br)cc1Cl.Nc1ccncn1.O=C(c1cccs1)c1cccs1.O=C1NC(c2cccs2)(c2cccs2)n2c1c(Cl)cc(Br)c2=O.O=C1NC(c2ccsc2)(c2ccsc2)n2c1c(Cl)cc(Nc1ccncn1)c2=O.O=C1NC(c2ccsc2)(c2ccsc2)n2c1c(Cl)cc(Nc1ccncn1)c2=O. The first-order valence-corrected chi connectivity index (χ1v) is 42.2. The molecule has 3 aliphatic rings. The summed E-state index contributed by atoms with van der Waals surface area (Å²) in [5, 5.41) is 38.6. The minimum absolute atomic E-state index is 0.0788. The van der Waals surface area contributed by atoms with E-state index in [-0.39, 0.29) is 76.0 Å². The second-order valence-corrected chi connectivity index (χ2v) is 33.3. The lowest BCUT2D eigenvalue weighted by atomic mass is 9.96. The zero-order valence-electron chi connectivity index (χ0n) is 56.2. The Labute approximate surface area is 700 Å². The Balaban J connectivity index is 0.000000124. The number of aromatic amines is 1. The summed E-state index contributed by atoms with van der Waals surface area (Å²) in [4.78, 5) is 140. The van der Waals surface area contributed by atoms with Crippen LogP contribution in [-0.4, -0.2) is 78.0 Å². The van der Waals surface area contributed by atoms with Crippen LogP contribution < -0.4 is 60.3 Å². The number of fused-ring (bicyclic) bond motifs is 3. The van der Waals surface area contributed by atoms with E-state index in [0.717, 1.165) is 41.8 Å². The van der Waals surface area contributed by atoms with Crippen molar-refractivity contribution in [1.29, 1.82) is 0 Å². The molecule has 0 fully saturated rings. The topological polar surface area (TPSA) is 374 Å². The summed E-state index contributed by atoms with van der Waals surface area (Å²) in [6, 6.07) is 33.3. The average Bonchev–Trinajstić information content (AvgIpc) is 1.56. The summed E-state index contributed by atoms with van der Waals surface area (Å²) in [5.74, 6) is -0.387. The number of primary amides is 1. The largest absolute Gasteiger partial charge is 0.384 e. The van der Waals surface area contributed by atoms with Crippen molar-refractivity contribution in [2.75, 3.05) is 16.4 Å². The van der Waals surface area contributed by atoms with Crippen LogP contribution in [0.4, 0.5) is 28.8 Å². The zero-order chi connectivity index (χ0) is 79.0. The van der Waals surface area contributed by atoms with E-state index >= 15 is 0 Å². The number of halogens is 6. The van der Waals surface area contributed by atoms with E-state index in [1.54, 1.807) is 36.8 Å². The lowest BCUT2D eigenvalue weighted by Crippen LogP contribution is -2.49. The number of nitrogens with zero attached hydrogens (tertiary/aromatic N) is 9. The molecule has 15 aromatic heterocycles. The number of nitrogens with one attached hydrogen (secondary N) is 6. The van der Waals surface area contributed by atoms with Crippen molar-refractivity contribution in [3.05, 3.63) is 352 Å². The number of carbonyl (C=O) groups excluding carboxylic acids is 5. The van der Waals surface area contributed by atoms with Gasteiger partial charge >= 0.3 is 0 Å². The fourth-order valence-electron chi connectivity index (χ4n) is 11.7. The van der Waals surface area contributed by atoms with Crippen molar-refractivity contribution in [1.82, 2.24) is 64.5 Å². The van der Waals surface area contributed by atoms with Gasteiger partial charge in [-0.15, -0.1) is 45.3 Å². The molecule has 18 heterocycles. The monoisotopic (exact) mass is 1850 g/mol. The number of thiophene rings is 8. The number of anilines is 5. The van der Waals surface area contributed by atoms with Crippen LogP contribution in [0.2, 0.25) is 20.1 Å². The van der Waals surface area contributed by atoms with Gasteiger partial charge in [-0.2, -0.15) is 45.3 Å². The Kier molecular flexibility index (Phi) is 24.8. The average molecular weight is 1850 g/mol. The van der Waals surface area contributed by atoms with Crippen LogP contribution >= 0.6 is 169 Å². The highest BCUT2D eigenvalue weighted by molar-refractivity contribution is 9.10. The van der Waals surface area contributed by atoms with Gasteiger partial charge in [0.05, 0.1) is 48.5 Å². The molecule has 18 rings (SSSR count). The molecule has 15 aromatic rings. The van der Waals surface area contributed by atoms with Crippen LogP contribution in [0, 0.1) is 0 Å². The van der Waals surface area contributed by atoms with E-state index in [1.807, 2.05) is 137 Å². The van der Waals surface area contributed by atoms with Gasteiger partial charge in [-0.25, -0.2) is 29.9 Å². The molecule has 0 spiro atoms. The highest BCUT2D eigenvalue weighted by atomic mass is 79.9. The molecule has 0 aliphatic carbocycles. The molecule has 0 unspecified atom stereocenters. The van der Waals surface area contributed by atoms with Crippen molar-refractivity contribution in [3.8, 4) is 0 Å². The minimum atomic E-state index is -1.17. The summed E-state index contributed by atoms with van der Waals surface area (Å²) in [5.41, 5.74) is 9.13. The number of amides is 4. The number of carbonyl (C=O) groups is 5. The van der Waals surface area contributed by atoms with Crippen molar-refractivity contribution in [2.24, 2.45) is 5.73 Å². The van der Waals surface area contributed by atoms with Gasteiger partial charge in [0, 0.05) is 40.8 Å². The molecule has 0 saturated carbocycles. The minimum Gasteiger partial charge on any atom is -0.384 e.